The van der Waals surface area contributed by atoms with Gasteiger partial charge in [0.25, 0.3) is 5.91 Å². The minimum Gasteiger partial charge on any atom is -0.497 e. The molecule has 0 aliphatic carbocycles. The first-order chi connectivity index (χ1) is 11.0. The fourth-order valence-corrected chi connectivity index (χ4v) is 2.41. The lowest BCUT2D eigenvalue weighted by Gasteiger charge is -2.08. The van der Waals surface area contributed by atoms with Crippen molar-refractivity contribution in [1.82, 2.24) is 4.98 Å². The van der Waals surface area contributed by atoms with E-state index in [0.717, 1.165) is 5.69 Å². The summed E-state index contributed by atoms with van der Waals surface area (Å²) in [7, 11) is 2.96. The van der Waals surface area contributed by atoms with Crippen molar-refractivity contribution in [3.8, 4) is 11.5 Å². The number of ether oxygens (including phenoxy) is 3. The first-order valence-corrected chi connectivity index (χ1v) is 7.52. The second-order valence-corrected chi connectivity index (χ2v) is 5.38. The van der Waals surface area contributed by atoms with E-state index in [9.17, 15) is 9.59 Å². The Morgan fingerprint density at radius 2 is 1.83 bits per heavy atom. The Morgan fingerprint density at radius 3 is 2.35 bits per heavy atom. The van der Waals surface area contributed by atoms with Crippen LogP contribution in [0.5, 0.6) is 11.5 Å². The molecule has 2 aromatic rings. The molecule has 0 fully saturated rings. The highest BCUT2D eigenvalue weighted by Gasteiger charge is 2.14. The summed E-state index contributed by atoms with van der Waals surface area (Å²) in [6, 6.07) is 4.65. The number of anilines is 1. The molecule has 0 saturated carbocycles. The molecule has 7 nitrogen and oxygen atoms in total. The van der Waals surface area contributed by atoms with Gasteiger partial charge < -0.3 is 14.2 Å². The minimum absolute atomic E-state index is 0.235. The number of aryl methyl sites for hydroxylation is 1. The predicted octanol–water partition coefficient (Wildman–Crippen LogP) is 2.26. The Balaban J connectivity index is 1.95. The number of aromatic nitrogens is 1. The summed E-state index contributed by atoms with van der Waals surface area (Å²) >= 11 is 1.30. The summed E-state index contributed by atoms with van der Waals surface area (Å²) in [6.07, 6.45) is 0. The molecule has 23 heavy (non-hydrogen) atoms. The zero-order valence-corrected chi connectivity index (χ0v) is 13.7. The molecule has 1 aromatic heterocycles. The van der Waals surface area contributed by atoms with Crippen molar-refractivity contribution in [2.75, 3.05) is 26.1 Å². The van der Waals surface area contributed by atoms with Crippen molar-refractivity contribution >= 4 is 28.3 Å². The van der Waals surface area contributed by atoms with Crippen LogP contribution in [0.1, 0.15) is 16.1 Å². The standard InChI is InChI=1S/C15H16N2O5S/c1-9-8-23-15(16-9)17-13(18)7-22-14(19)10-4-11(20-2)6-12(5-10)21-3/h4-6,8H,7H2,1-3H3,(H,16,17,18). The van der Waals surface area contributed by atoms with E-state index < -0.39 is 18.5 Å². The van der Waals surface area contributed by atoms with Crippen LogP contribution in [0.4, 0.5) is 5.13 Å². The number of thiazole rings is 1. The fourth-order valence-electron chi connectivity index (χ4n) is 1.71. The molecular weight excluding hydrogens is 320 g/mol. The minimum atomic E-state index is -0.646. The van der Waals surface area contributed by atoms with Gasteiger partial charge in [-0.15, -0.1) is 11.3 Å². The number of benzene rings is 1. The Labute approximate surface area is 137 Å². The Morgan fingerprint density at radius 1 is 1.17 bits per heavy atom. The lowest BCUT2D eigenvalue weighted by Crippen LogP contribution is -2.20. The fraction of sp³-hybridized carbons (Fsp3) is 0.267. The van der Waals surface area contributed by atoms with E-state index in [0.29, 0.717) is 16.6 Å². The molecule has 1 N–H and O–H groups in total. The van der Waals surface area contributed by atoms with Gasteiger partial charge in [0.05, 0.1) is 25.5 Å². The number of hydrogen-bond acceptors (Lipinski definition) is 7. The van der Waals surface area contributed by atoms with E-state index >= 15 is 0 Å². The molecule has 0 atom stereocenters. The van der Waals surface area contributed by atoms with E-state index in [1.54, 1.807) is 6.07 Å². The molecule has 2 rings (SSSR count). The molecule has 0 saturated heterocycles. The largest absolute Gasteiger partial charge is 0.497 e. The number of hydrogen-bond donors (Lipinski definition) is 1. The number of carbonyl (C=O) groups is 2. The van der Waals surface area contributed by atoms with E-state index in [4.69, 9.17) is 14.2 Å². The Kier molecular flexibility index (Phi) is 5.53. The molecule has 8 heteroatoms. The highest BCUT2D eigenvalue weighted by molar-refractivity contribution is 7.13. The monoisotopic (exact) mass is 336 g/mol. The number of carbonyl (C=O) groups excluding carboxylic acids is 2. The van der Waals surface area contributed by atoms with Crippen LogP contribution in [0.2, 0.25) is 0 Å². The summed E-state index contributed by atoms with van der Waals surface area (Å²) < 4.78 is 15.1. The zero-order chi connectivity index (χ0) is 16.8. The summed E-state index contributed by atoms with van der Waals surface area (Å²) in [4.78, 5) is 27.8. The van der Waals surface area contributed by atoms with Gasteiger partial charge in [0.1, 0.15) is 11.5 Å². The molecule has 0 bridgehead atoms. The maximum absolute atomic E-state index is 12.0. The lowest BCUT2D eigenvalue weighted by molar-refractivity contribution is -0.119. The van der Waals surface area contributed by atoms with E-state index in [-0.39, 0.29) is 5.56 Å². The molecule has 0 spiro atoms. The third-order valence-corrected chi connectivity index (χ3v) is 3.66. The van der Waals surface area contributed by atoms with Crippen molar-refractivity contribution < 1.29 is 23.8 Å². The van der Waals surface area contributed by atoms with Crippen LogP contribution in [0.25, 0.3) is 0 Å². The number of nitrogens with zero attached hydrogens (tertiary/aromatic N) is 1. The average Bonchev–Trinajstić information content (AvgIpc) is 2.96. The van der Waals surface area contributed by atoms with Gasteiger partial charge in [-0.25, -0.2) is 9.78 Å². The molecule has 0 radical (unpaired) electrons. The number of esters is 1. The van der Waals surface area contributed by atoms with E-state index in [1.807, 2.05) is 12.3 Å². The second-order valence-electron chi connectivity index (χ2n) is 4.52. The van der Waals surface area contributed by atoms with Crippen LogP contribution < -0.4 is 14.8 Å². The van der Waals surface area contributed by atoms with Crippen LogP contribution >= 0.6 is 11.3 Å². The molecule has 0 aliphatic rings. The predicted molar refractivity (Wildman–Crippen MR) is 85.3 cm³/mol. The van der Waals surface area contributed by atoms with Gasteiger partial charge in [-0.1, -0.05) is 0 Å². The van der Waals surface area contributed by atoms with Gasteiger partial charge in [0, 0.05) is 11.4 Å². The maximum atomic E-state index is 12.0. The van der Waals surface area contributed by atoms with Gasteiger partial charge >= 0.3 is 5.97 Å². The maximum Gasteiger partial charge on any atom is 0.338 e. The van der Waals surface area contributed by atoms with Crippen molar-refractivity contribution in [3.63, 3.8) is 0 Å². The zero-order valence-electron chi connectivity index (χ0n) is 12.9. The van der Waals surface area contributed by atoms with Crippen LogP contribution in [0, 0.1) is 6.92 Å². The van der Waals surface area contributed by atoms with Gasteiger partial charge in [-0.3, -0.25) is 10.1 Å². The summed E-state index contributed by atoms with van der Waals surface area (Å²) in [5.74, 6) is -0.187. The van der Waals surface area contributed by atoms with Crippen LogP contribution in [-0.2, 0) is 9.53 Å². The summed E-state index contributed by atoms with van der Waals surface area (Å²) in [6.45, 7) is 1.42. The highest BCUT2D eigenvalue weighted by atomic mass is 32.1. The van der Waals surface area contributed by atoms with Crippen molar-refractivity contribution in [2.45, 2.75) is 6.92 Å². The molecular formula is C15H16N2O5S. The summed E-state index contributed by atoms with van der Waals surface area (Å²) in [5, 5.41) is 4.83. The Bertz CT molecular complexity index is 691. The van der Waals surface area contributed by atoms with Crippen LogP contribution in [-0.4, -0.2) is 37.7 Å². The van der Waals surface area contributed by atoms with Gasteiger partial charge in [0.15, 0.2) is 11.7 Å². The molecule has 0 unspecified atom stereocenters. The third kappa shape index (κ3) is 4.68. The molecule has 1 aromatic carbocycles. The summed E-state index contributed by atoms with van der Waals surface area (Å²) in [5.41, 5.74) is 1.05. The van der Waals surface area contributed by atoms with Crippen molar-refractivity contribution in [2.24, 2.45) is 0 Å². The third-order valence-electron chi connectivity index (χ3n) is 2.79. The average molecular weight is 336 g/mol. The topological polar surface area (TPSA) is 86.8 Å². The van der Waals surface area contributed by atoms with Gasteiger partial charge in [0.2, 0.25) is 0 Å². The van der Waals surface area contributed by atoms with Crippen LogP contribution in [0.3, 0.4) is 0 Å². The lowest BCUT2D eigenvalue weighted by atomic mass is 10.2. The number of nitrogens with one attached hydrogen (secondary N) is 1. The van der Waals surface area contributed by atoms with Crippen LogP contribution in [0.15, 0.2) is 23.6 Å². The normalized spacial score (nSPS) is 10.0. The quantitative estimate of drug-likeness (QED) is 0.814. The number of methoxy groups -OCH3 is 2. The SMILES string of the molecule is COc1cc(OC)cc(C(=O)OCC(=O)Nc2nc(C)cs2)c1. The first kappa shape index (κ1) is 16.8. The highest BCUT2D eigenvalue weighted by Crippen LogP contribution is 2.23. The number of amides is 1. The first-order valence-electron chi connectivity index (χ1n) is 6.64. The van der Waals surface area contributed by atoms with E-state index in [2.05, 4.69) is 10.3 Å². The smallest absolute Gasteiger partial charge is 0.338 e. The molecule has 122 valence electrons. The second kappa shape index (κ2) is 7.59. The Hall–Kier alpha value is -2.61. The molecule has 1 heterocycles. The van der Waals surface area contributed by atoms with Gasteiger partial charge in [-0.05, 0) is 19.1 Å². The van der Waals surface area contributed by atoms with Crippen molar-refractivity contribution in [3.05, 3.63) is 34.8 Å². The molecule has 1 amide bonds. The molecule has 0 aliphatic heterocycles. The number of rotatable bonds is 6. The van der Waals surface area contributed by atoms with E-state index in [1.165, 1.54) is 37.7 Å². The van der Waals surface area contributed by atoms with Crippen molar-refractivity contribution in [1.29, 1.82) is 0 Å². The van der Waals surface area contributed by atoms with Gasteiger partial charge in [-0.2, -0.15) is 0 Å².